The van der Waals surface area contributed by atoms with Gasteiger partial charge in [-0.25, -0.2) is 0 Å². The van der Waals surface area contributed by atoms with E-state index >= 15 is 0 Å². The van der Waals surface area contributed by atoms with E-state index in [1.54, 1.807) is 20.8 Å². The van der Waals surface area contributed by atoms with Gasteiger partial charge in [-0.2, -0.15) is 0 Å². The maximum absolute atomic E-state index is 12.3. The number of ketones is 1. The molecule has 0 spiro atoms. The highest BCUT2D eigenvalue weighted by atomic mass is 19.4. The van der Waals surface area contributed by atoms with Gasteiger partial charge < -0.3 is 9.47 Å². The monoisotopic (exact) mass is 290 g/mol. The number of carbonyl (C=O) groups excluding carboxylic acids is 1. The molecule has 0 fully saturated rings. The van der Waals surface area contributed by atoms with E-state index < -0.39 is 17.7 Å². The predicted octanol–water partition coefficient (Wildman–Crippen LogP) is 3.97. The fraction of sp³-hybridized carbons (Fsp3) is 0.500. The average molecular weight is 290 g/mol. The van der Waals surface area contributed by atoms with Crippen LogP contribution in [0.5, 0.6) is 5.75 Å². The van der Waals surface area contributed by atoms with E-state index in [-0.39, 0.29) is 11.3 Å². The van der Waals surface area contributed by atoms with Crippen molar-refractivity contribution in [1.82, 2.24) is 0 Å². The summed E-state index contributed by atoms with van der Waals surface area (Å²) in [6.45, 7) is 5.50. The third kappa shape index (κ3) is 4.23. The van der Waals surface area contributed by atoms with Crippen molar-refractivity contribution in [2.45, 2.75) is 39.2 Å². The lowest BCUT2D eigenvalue weighted by atomic mass is 9.92. The van der Waals surface area contributed by atoms with Gasteiger partial charge in [0, 0.05) is 12.2 Å². The molecule has 0 aliphatic heterocycles. The normalized spacial score (nSPS) is 14.7. The Balaban J connectivity index is 3.02. The molecule has 0 aromatic heterocycles. The lowest BCUT2D eigenvalue weighted by Gasteiger charge is -2.26. The SMILES string of the molecule is CCOC(C)(CC)C(=O)c1cccc(OC(F)(F)F)c1. The van der Waals surface area contributed by atoms with Crippen molar-refractivity contribution in [2.75, 3.05) is 6.61 Å². The maximum Gasteiger partial charge on any atom is 0.573 e. The van der Waals surface area contributed by atoms with Crippen LogP contribution in [-0.4, -0.2) is 24.4 Å². The number of Topliss-reactive ketones (excluding diaryl/α,β-unsaturated/α-hetero) is 1. The Labute approximate surface area is 115 Å². The second-order valence-electron chi connectivity index (χ2n) is 4.42. The number of benzene rings is 1. The second kappa shape index (κ2) is 6.26. The summed E-state index contributed by atoms with van der Waals surface area (Å²) in [4.78, 5) is 12.3. The number of halogens is 3. The zero-order chi connectivity index (χ0) is 15.4. The number of hydrogen-bond donors (Lipinski definition) is 0. The zero-order valence-corrected chi connectivity index (χ0v) is 11.6. The lowest BCUT2D eigenvalue weighted by molar-refractivity contribution is -0.274. The molecule has 0 bridgehead atoms. The van der Waals surface area contributed by atoms with E-state index in [0.29, 0.717) is 13.0 Å². The molecule has 3 nitrogen and oxygen atoms in total. The van der Waals surface area contributed by atoms with Crippen molar-refractivity contribution in [2.24, 2.45) is 0 Å². The fourth-order valence-electron chi connectivity index (χ4n) is 1.79. The maximum atomic E-state index is 12.3. The van der Waals surface area contributed by atoms with Crippen LogP contribution in [-0.2, 0) is 4.74 Å². The minimum atomic E-state index is -4.78. The molecular formula is C14H17F3O3. The van der Waals surface area contributed by atoms with Gasteiger partial charge in [0.05, 0.1) is 0 Å². The van der Waals surface area contributed by atoms with E-state index in [4.69, 9.17) is 4.74 Å². The zero-order valence-electron chi connectivity index (χ0n) is 11.6. The Hall–Kier alpha value is -1.56. The fourth-order valence-corrected chi connectivity index (χ4v) is 1.79. The molecule has 0 N–H and O–H groups in total. The molecule has 0 saturated carbocycles. The minimum Gasteiger partial charge on any atom is -0.406 e. The summed E-state index contributed by atoms with van der Waals surface area (Å²) in [5, 5.41) is 0. The summed E-state index contributed by atoms with van der Waals surface area (Å²) >= 11 is 0. The largest absolute Gasteiger partial charge is 0.573 e. The molecule has 0 saturated heterocycles. The van der Waals surface area contributed by atoms with Crippen LogP contribution in [0.1, 0.15) is 37.6 Å². The van der Waals surface area contributed by atoms with Gasteiger partial charge in [-0.15, -0.1) is 13.2 Å². The number of alkyl halides is 3. The molecule has 20 heavy (non-hydrogen) atoms. The number of carbonyl (C=O) groups is 1. The molecule has 112 valence electrons. The Morgan fingerprint density at radius 2 is 1.90 bits per heavy atom. The van der Waals surface area contributed by atoms with Crippen LogP contribution >= 0.6 is 0 Å². The van der Waals surface area contributed by atoms with Gasteiger partial charge in [-0.3, -0.25) is 4.79 Å². The van der Waals surface area contributed by atoms with Crippen molar-refractivity contribution < 1.29 is 27.4 Å². The Morgan fingerprint density at radius 3 is 2.40 bits per heavy atom. The van der Waals surface area contributed by atoms with Gasteiger partial charge in [0.2, 0.25) is 0 Å². The highest BCUT2D eigenvalue weighted by Gasteiger charge is 2.34. The van der Waals surface area contributed by atoms with E-state index in [9.17, 15) is 18.0 Å². The molecule has 0 radical (unpaired) electrons. The Kier molecular flexibility index (Phi) is 5.16. The molecule has 1 atom stereocenters. The standard InChI is InChI=1S/C14H17F3O3/c1-4-13(3,19-5-2)12(18)10-7-6-8-11(9-10)20-14(15,16)17/h6-9H,4-5H2,1-3H3. The van der Waals surface area contributed by atoms with Crippen molar-refractivity contribution >= 4 is 5.78 Å². The molecule has 1 aromatic rings. The third-order valence-corrected chi connectivity index (χ3v) is 2.95. The van der Waals surface area contributed by atoms with Crippen molar-refractivity contribution in [3.05, 3.63) is 29.8 Å². The molecule has 0 heterocycles. The van der Waals surface area contributed by atoms with E-state index in [1.165, 1.54) is 12.1 Å². The smallest absolute Gasteiger partial charge is 0.406 e. The third-order valence-electron chi connectivity index (χ3n) is 2.95. The molecule has 6 heteroatoms. The van der Waals surface area contributed by atoms with Gasteiger partial charge in [-0.1, -0.05) is 19.1 Å². The van der Waals surface area contributed by atoms with Crippen LogP contribution in [0.15, 0.2) is 24.3 Å². The summed E-state index contributed by atoms with van der Waals surface area (Å²) in [5.74, 6) is -0.784. The van der Waals surface area contributed by atoms with Crippen molar-refractivity contribution in [1.29, 1.82) is 0 Å². The second-order valence-corrected chi connectivity index (χ2v) is 4.42. The molecule has 0 aliphatic rings. The predicted molar refractivity (Wildman–Crippen MR) is 67.8 cm³/mol. The summed E-state index contributed by atoms with van der Waals surface area (Å²) in [5.41, 5.74) is -0.921. The molecule has 1 unspecified atom stereocenters. The van der Waals surface area contributed by atoms with Gasteiger partial charge in [0.25, 0.3) is 0 Å². The van der Waals surface area contributed by atoms with Gasteiger partial charge in [-0.05, 0) is 32.4 Å². The Morgan fingerprint density at radius 1 is 1.25 bits per heavy atom. The van der Waals surface area contributed by atoms with Crippen LogP contribution in [0, 0.1) is 0 Å². The highest BCUT2D eigenvalue weighted by molar-refractivity contribution is 6.02. The van der Waals surface area contributed by atoms with E-state index in [2.05, 4.69) is 4.74 Å². The van der Waals surface area contributed by atoms with Crippen LogP contribution in [0.25, 0.3) is 0 Å². The first-order valence-electron chi connectivity index (χ1n) is 6.26. The number of ether oxygens (including phenoxy) is 2. The van der Waals surface area contributed by atoms with Gasteiger partial charge in [0.15, 0.2) is 5.78 Å². The molecule has 0 amide bonds. The van der Waals surface area contributed by atoms with Crippen molar-refractivity contribution in [3.63, 3.8) is 0 Å². The highest BCUT2D eigenvalue weighted by Crippen LogP contribution is 2.27. The summed E-state index contributed by atoms with van der Waals surface area (Å²) < 4.78 is 45.7. The van der Waals surface area contributed by atoms with E-state index in [1.807, 2.05) is 0 Å². The molecule has 1 aromatic carbocycles. The first-order valence-corrected chi connectivity index (χ1v) is 6.26. The topological polar surface area (TPSA) is 35.5 Å². The average Bonchev–Trinajstić information content (AvgIpc) is 2.36. The van der Waals surface area contributed by atoms with E-state index in [0.717, 1.165) is 12.1 Å². The first kappa shape index (κ1) is 16.5. The Bertz CT molecular complexity index is 471. The first-order chi connectivity index (χ1) is 9.22. The molecule has 0 aliphatic carbocycles. The summed E-state index contributed by atoms with van der Waals surface area (Å²) in [7, 11) is 0. The summed E-state index contributed by atoms with van der Waals surface area (Å²) in [6.07, 6.45) is -4.36. The number of hydrogen-bond acceptors (Lipinski definition) is 3. The molecular weight excluding hydrogens is 273 g/mol. The van der Waals surface area contributed by atoms with Gasteiger partial charge in [0.1, 0.15) is 11.4 Å². The van der Waals surface area contributed by atoms with Crippen LogP contribution in [0.4, 0.5) is 13.2 Å². The van der Waals surface area contributed by atoms with Gasteiger partial charge >= 0.3 is 6.36 Å². The lowest BCUT2D eigenvalue weighted by Crippen LogP contribution is -2.38. The molecule has 1 rings (SSSR count). The summed E-state index contributed by atoms with van der Waals surface area (Å²) in [6, 6.07) is 5.01. The van der Waals surface area contributed by atoms with Crippen molar-refractivity contribution in [3.8, 4) is 5.75 Å². The minimum absolute atomic E-state index is 0.129. The quantitative estimate of drug-likeness (QED) is 0.744. The van der Waals surface area contributed by atoms with Crippen LogP contribution < -0.4 is 4.74 Å². The number of rotatable bonds is 6. The van der Waals surface area contributed by atoms with Crippen LogP contribution in [0.2, 0.25) is 0 Å². The van der Waals surface area contributed by atoms with Crippen LogP contribution in [0.3, 0.4) is 0 Å².